The van der Waals surface area contributed by atoms with Crippen molar-refractivity contribution < 1.29 is 14.6 Å². The maximum Gasteiger partial charge on any atom is 0.260 e. The molecule has 0 saturated carbocycles. The van der Waals surface area contributed by atoms with Crippen molar-refractivity contribution in [3.05, 3.63) is 73.3 Å². The molecule has 1 aliphatic heterocycles. The molecule has 0 aliphatic carbocycles. The molecule has 31 heavy (non-hydrogen) atoms. The third-order valence-corrected chi connectivity index (χ3v) is 5.99. The van der Waals surface area contributed by atoms with Gasteiger partial charge in [-0.2, -0.15) is 0 Å². The number of nitrogens with zero attached hydrogens (tertiary/aromatic N) is 1. The van der Waals surface area contributed by atoms with Crippen LogP contribution in [0.1, 0.15) is 33.9 Å². The quantitative estimate of drug-likeness (QED) is 0.540. The van der Waals surface area contributed by atoms with Gasteiger partial charge >= 0.3 is 0 Å². The summed E-state index contributed by atoms with van der Waals surface area (Å²) in [6.45, 7) is 4.59. The second kappa shape index (κ2) is 8.20. The lowest BCUT2D eigenvalue weighted by Gasteiger charge is -2.29. The summed E-state index contributed by atoms with van der Waals surface area (Å²) in [5, 5.41) is 14.6. The summed E-state index contributed by atoms with van der Waals surface area (Å²) in [4.78, 5) is 15.7. The van der Waals surface area contributed by atoms with E-state index in [0.29, 0.717) is 23.7 Å². The van der Waals surface area contributed by atoms with Gasteiger partial charge in [0.2, 0.25) is 5.88 Å². The van der Waals surface area contributed by atoms with E-state index in [-0.39, 0.29) is 16.2 Å². The van der Waals surface area contributed by atoms with Crippen LogP contribution in [0.15, 0.2) is 35.1 Å². The molecule has 0 amide bonds. The summed E-state index contributed by atoms with van der Waals surface area (Å²) < 4.78 is 12.5. The highest BCUT2D eigenvalue weighted by Crippen LogP contribution is 2.39. The first-order chi connectivity index (χ1) is 14.8. The van der Waals surface area contributed by atoms with Gasteiger partial charge in [-0.05, 0) is 67.4 Å². The second-order valence-corrected chi connectivity index (χ2v) is 8.05. The van der Waals surface area contributed by atoms with Crippen LogP contribution in [-0.2, 0) is 6.42 Å². The standard InChI is InChI=1S/C23H25N3O4S/c1-12-5-6-16(13(2)9-12)26-22(28)19(21(27)25-23(26)31)20-15-11-18(30-4)17(29-3)10-14(15)7-8-24-20/h5-6,9-11,20,24,28H,7-8H2,1-4H3,(H,25,27,31)/t20-/m0/s1. The molecule has 0 radical (unpaired) electrons. The number of H-pyrrole nitrogens is 1. The molecule has 0 spiro atoms. The van der Waals surface area contributed by atoms with Crippen LogP contribution in [0.5, 0.6) is 17.4 Å². The maximum absolute atomic E-state index is 13.0. The Morgan fingerprint density at radius 3 is 2.52 bits per heavy atom. The van der Waals surface area contributed by atoms with Crippen molar-refractivity contribution in [2.24, 2.45) is 0 Å². The molecule has 0 unspecified atom stereocenters. The number of ether oxygens (including phenoxy) is 2. The zero-order valence-electron chi connectivity index (χ0n) is 17.9. The molecular weight excluding hydrogens is 414 g/mol. The van der Waals surface area contributed by atoms with E-state index >= 15 is 0 Å². The number of aromatic hydroxyl groups is 1. The molecule has 1 aromatic heterocycles. The van der Waals surface area contributed by atoms with E-state index in [1.807, 2.05) is 44.2 Å². The summed E-state index contributed by atoms with van der Waals surface area (Å²) in [7, 11) is 3.16. The van der Waals surface area contributed by atoms with Crippen molar-refractivity contribution in [2.45, 2.75) is 26.3 Å². The Labute approximate surface area is 185 Å². The van der Waals surface area contributed by atoms with E-state index in [1.54, 1.807) is 14.2 Å². The Kier molecular flexibility index (Phi) is 5.60. The Balaban J connectivity index is 1.95. The number of hydrogen-bond donors (Lipinski definition) is 3. The molecule has 2 aromatic carbocycles. The zero-order chi connectivity index (χ0) is 22.3. The van der Waals surface area contributed by atoms with Crippen molar-refractivity contribution in [1.29, 1.82) is 0 Å². The zero-order valence-corrected chi connectivity index (χ0v) is 18.7. The largest absolute Gasteiger partial charge is 0.494 e. The van der Waals surface area contributed by atoms with Gasteiger partial charge in [0, 0.05) is 6.54 Å². The van der Waals surface area contributed by atoms with Gasteiger partial charge in [-0.15, -0.1) is 0 Å². The topological polar surface area (TPSA) is 88.5 Å². The average Bonchev–Trinajstić information content (AvgIpc) is 2.74. The highest BCUT2D eigenvalue weighted by atomic mass is 32.1. The fourth-order valence-electron chi connectivity index (χ4n) is 4.22. The fourth-order valence-corrected chi connectivity index (χ4v) is 4.50. The lowest BCUT2D eigenvalue weighted by molar-refractivity contribution is 0.352. The SMILES string of the molecule is COc1cc2c(cc1OC)[C@@H](c1c(O)n(-c3ccc(C)cc3C)c(=S)[nH]c1=O)NCC2. The molecule has 3 aromatic rings. The summed E-state index contributed by atoms with van der Waals surface area (Å²) in [6, 6.07) is 9.09. The predicted molar refractivity (Wildman–Crippen MR) is 121 cm³/mol. The van der Waals surface area contributed by atoms with Crippen LogP contribution in [0.25, 0.3) is 5.69 Å². The molecule has 8 heteroatoms. The number of benzene rings is 2. The van der Waals surface area contributed by atoms with Crippen molar-refractivity contribution in [3.8, 4) is 23.1 Å². The molecule has 4 rings (SSSR count). The minimum atomic E-state index is -0.528. The van der Waals surface area contributed by atoms with Gasteiger partial charge < -0.3 is 19.9 Å². The first-order valence-electron chi connectivity index (χ1n) is 9.99. The number of aromatic amines is 1. The monoisotopic (exact) mass is 439 g/mol. The molecule has 7 nitrogen and oxygen atoms in total. The van der Waals surface area contributed by atoms with Crippen LogP contribution in [0.4, 0.5) is 0 Å². The van der Waals surface area contributed by atoms with E-state index < -0.39 is 11.6 Å². The lowest BCUT2D eigenvalue weighted by Crippen LogP contribution is -2.35. The Bertz CT molecular complexity index is 1280. The third-order valence-electron chi connectivity index (χ3n) is 5.70. The van der Waals surface area contributed by atoms with E-state index in [0.717, 1.165) is 28.7 Å². The Hall–Kier alpha value is -3.10. The lowest BCUT2D eigenvalue weighted by atomic mass is 9.90. The van der Waals surface area contributed by atoms with E-state index in [9.17, 15) is 9.90 Å². The first-order valence-corrected chi connectivity index (χ1v) is 10.4. The van der Waals surface area contributed by atoms with Crippen LogP contribution in [-0.4, -0.2) is 35.4 Å². The molecule has 0 saturated heterocycles. The van der Waals surface area contributed by atoms with Gasteiger partial charge in [0.05, 0.1) is 31.5 Å². The molecule has 3 N–H and O–H groups in total. The maximum atomic E-state index is 13.0. The number of aryl methyl sites for hydroxylation is 2. The summed E-state index contributed by atoms with van der Waals surface area (Å²) >= 11 is 5.40. The second-order valence-electron chi connectivity index (χ2n) is 7.67. The Morgan fingerprint density at radius 1 is 1.13 bits per heavy atom. The van der Waals surface area contributed by atoms with Crippen LogP contribution in [0.3, 0.4) is 0 Å². The van der Waals surface area contributed by atoms with Crippen molar-refractivity contribution in [2.75, 3.05) is 20.8 Å². The smallest absolute Gasteiger partial charge is 0.260 e. The van der Waals surface area contributed by atoms with Crippen LogP contribution in [0, 0.1) is 18.6 Å². The highest BCUT2D eigenvalue weighted by molar-refractivity contribution is 7.71. The molecule has 162 valence electrons. The molecule has 1 aliphatic rings. The summed E-state index contributed by atoms with van der Waals surface area (Å²) in [6.07, 6.45) is 0.765. The number of aromatic nitrogens is 2. The Morgan fingerprint density at radius 2 is 1.84 bits per heavy atom. The van der Waals surface area contributed by atoms with E-state index in [2.05, 4.69) is 10.3 Å². The van der Waals surface area contributed by atoms with Crippen molar-refractivity contribution in [3.63, 3.8) is 0 Å². The van der Waals surface area contributed by atoms with E-state index in [1.165, 1.54) is 4.57 Å². The minimum absolute atomic E-state index is 0.140. The average molecular weight is 440 g/mol. The molecule has 0 fully saturated rings. The van der Waals surface area contributed by atoms with Gasteiger partial charge in [-0.25, -0.2) is 0 Å². The highest BCUT2D eigenvalue weighted by Gasteiger charge is 2.30. The predicted octanol–water partition coefficient (Wildman–Crippen LogP) is 3.47. The number of methoxy groups -OCH3 is 2. The number of hydrogen-bond acceptors (Lipinski definition) is 6. The molecule has 0 bridgehead atoms. The van der Waals surface area contributed by atoms with Gasteiger partial charge in [-0.1, -0.05) is 17.7 Å². The van der Waals surface area contributed by atoms with Crippen LogP contribution >= 0.6 is 12.2 Å². The summed E-state index contributed by atoms with van der Waals surface area (Å²) in [5.41, 5.74) is 4.42. The minimum Gasteiger partial charge on any atom is -0.494 e. The number of nitrogens with one attached hydrogen (secondary N) is 2. The molecular formula is C23H25N3O4S. The van der Waals surface area contributed by atoms with Crippen molar-refractivity contribution in [1.82, 2.24) is 14.9 Å². The van der Waals surface area contributed by atoms with Gasteiger partial charge in [-0.3, -0.25) is 14.3 Å². The van der Waals surface area contributed by atoms with Gasteiger partial charge in [0.1, 0.15) is 0 Å². The molecule has 1 atom stereocenters. The van der Waals surface area contributed by atoms with E-state index in [4.69, 9.17) is 21.7 Å². The molecule has 2 heterocycles. The number of rotatable bonds is 4. The first kappa shape index (κ1) is 21.1. The van der Waals surface area contributed by atoms with Crippen LogP contribution in [0.2, 0.25) is 0 Å². The third kappa shape index (κ3) is 3.62. The van der Waals surface area contributed by atoms with Gasteiger partial charge in [0.15, 0.2) is 16.3 Å². The van der Waals surface area contributed by atoms with Gasteiger partial charge in [0.25, 0.3) is 5.56 Å². The fraction of sp³-hybridized carbons (Fsp3) is 0.304. The summed E-state index contributed by atoms with van der Waals surface area (Å²) in [5.74, 6) is 1.01. The van der Waals surface area contributed by atoms with Crippen molar-refractivity contribution >= 4 is 12.2 Å². The number of fused-ring (bicyclic) bond motifs is 1. The normalized spacial score (nSPS) is 15.4. The van der Waals surface area contributed by atoms with Crippen LogP contribution < -0.4 is 20.3 Å².